The summed E-state index contributed by atoms with van der Waals surface area (Å²) in [5.41, 5.74) is -1.69. The van der Waals surface area contributed by atoms with Crippen molar-refractivity contribution in [2.75, 3.05) is 7.05 Å². The second kappa shape index (κ2) is 18.0. The van der Waals surface area contributed by atoms with Gasteiger partial charge < -0.3 is 44.0 Å². The molecule has 326 valence electrons. The van der Waals surface area contributed by atoms with Crippen LogP contribution in [0.3, 0.4) is 0 Å². The summed E-state index contributed by atoms with van der Waals surface area (Å²) in [4.78, 5) is 39.7. The molecule has 5 aliphatic rings. The first-order valence-electron chi connectivity index (χ1n) is 22.1. The molecule has 0 radical (unpaired) electrons. The lowest BCUT2D eigenvalue weighted by Crippen LogP contribution is -2.63. The minimum atomic E-state index is -1.37. The zero-order chi connectivity index (χ0) is 42.2. The molecular formula is C45H75NO11. The number of nitrogens with one attached hydrogen (secondary N) is 1. The number of aliphatic hydroxyl groups excluding tert-OH is 1. The van der Waals surface area contributed by atoms with Gasteiger partial charge >= 0.3 is 5.97 Å². The van der Waals surface area contributed by atoms with Crippen molar-refractivity contribution in [3.8, 4) is 0 Å². The van der Waals surface area contributed by atoms with Gasteiger partial charge in [-0.25, -0.2) is 0 Å². The average molecular weight is 806 g/mol. The number of rotatable bonds is 13. The zero-order valence-electron chi connectivity index (χ0n) is 36.9. The molecular weight excluding hydrogens is 730 g/mol. The van der Waals surface area contributed by atoms with Crippen molar-refractivity contribution in [3.63, 3.8) is 0 Å². The first-order valence-corrected chi connectivity index (χ1v) is 22.1. The van der Waals surface area contributed by atoms with Gasteiger partial charge in [0.05, 0.1) is 53.7 Å². The standard InChI is InChI=1S/C45H75NO11/c1-13-32(41(50)46-12)34-17-16-25(4)39(54-34)29(8)37(48)28(7)38(49)33(14-2)40-26(5)24-27(6)44(55-40)21-19-36(53-31(10)47)45(57-44)23-22-42(11,56-45)35-18-20-43(51,15-3)30(9)52-35/h19,21,25-30,32-37,39-40,48,51H,13-18,20,22-24H2,1-12H3,(H,46,50)/t25-,26-,27+,28-,29-,30-,32+,33-,34+,35+,36+,37+,39+,40-,42-,43+,44-,45-/m0/s1. The molecule has 5 rings (SSSR count). The third-order valence-electron chi connectivity index (χ3n) is 15.0. The Labute approximate surface area is 341 Å². The molecule has 18 atom stereocenters. The van der Waals surface area contributed by atoms with Crippen LogP contribution in [-0.4, -0.2) is 100 Å². The maximum atomic E-state index is 14.6. The number of carbonyl (C=O) groups is 3. The van der Waals surface area contributed by atoms with Crippen LogP contribution in [0.1, 0.15) is 140 Å². The number of hydrogen-bond acceptors (Lipinski definition) is 11. The maximum absolute atomic E-state index is 14.6. The van der Waals surface area contributed by atoms with E-state index in [0.717, 1.165) is 12.8 Å². The minimum Gasteiger partial charge on any atom is -0.453 e. The molecule has 12 nitrogen and oxygen atoms in total. The van der Waals surface area contributed by atoms with E-state index >= 15 is 0 Å². The van der Waals surface area contributed by atoms with Gasteiger partial charge in [0.15, 0.2) is 11.9 Å². The molecule has 0 unspecified atom stereocenters. The van der Waals surface area contributed by atoms with Crippen molar-refractivity contribution in [2.45, 2.75) is 206 Å². The molecule has 5 heterocycles. The first-order chi connectivity index (χ1) is 26.7. The number of ether oxygens (including phenoxy) is 6. The fourth-order valence-corrected chi connectivity index (χ4v) is 11.0. The lowest BCUT2D eigenvalue weighted by Gasteiger charge is -2.54. The third kappa shape index (κ3) is 8.94. The van der Waals surface area contributed by atoms with E-state index in [-0.39, 0.29) is 65.7 Å². The first kappa shape index (κ1) is 46.1. The van der Waals surface area contributed by atoms with Crippen LogP contribution in [-0.2, 0) is 42.8 Å². The highest BCUT2D eigenvalue weighted by Crippen LogP contribution is 2.54. The normalized spacial score (nSPS) is 43.6. The Morgan fingerprint density at radius 3 is 2.19 bits per heavy atom. The summed E-state index contributed by atoms with van der Waals surface area (Å²) >= 11 is 0. The molecule has 3 N–H and O–H groups in total. The second-order valence-corrected chi connectivity index (χ2v) is 18.8. The second-order valence-electron chi connectivity index (χ2n) is 18.8. The van der Waals surface area contributed by atoms with Gasteiger partial charge in [0.25, 0.3) is 0 Å². The highest BCUT2D eigenvalue weighted by molar-refractivity contribution is 5.84. The van der Waals surface area contributed by atoms with Crippen LogP contribution in [0.25, 0.3) is 0 Å². The lowest BCUT2D eigenvalue weighted by molar-refractivity contribution is -0.409. The largest absolute Gasteiger partial charge is 0.453 e. The Hall–Kier alpha value is -1.93. The highest BCUT2D eigenvalue weighted by Gasteiger charge is 2.64. The molecule has 57 heavy (non-hydrogen) atoms. The predicted octanol–water partition coefficient (Wildman–Crippen LogP) is 6.42. The predicted molar refractivity (Wildman–Crippen MR) is 215 cm³/mol. The number of aliphatic hydroxyl groups is 2. The van der Waals surface area contributed by atoms with Crippen LogP contribution >= 0.6 is 0 Å². The maximum Gasteiger partial charge on any atom is 0.303 e. The van der Waals surface area contributed by atoms with E-state index in [0.29, 0.717) is 51.4 Å². The molecule has 0 aliphatic carbocycles. The summed E-state index contributed by atoms with van der Waals surface area (Å²) in [6.45, 7) is 21.3. The van der Waals surface area contributed by atoms with Crippen LogP contribution in [0.4, 0.5) is 0 Å². The average Bonchev–Trinajstić information content (AvgIpc) is 3.52. The Kier molecular flexibility index (Phi) is 14.5. The molecule has 4 fully saturated rings. The highest BCUT2D eigenvalue weighted by atomic mass is 16.8. The molecule has 5 aliphatic heterocycles. The number of amides is 1. The Morgan fingerprint density at radius 2 is 1.60 bits per heavy atom. The zero-order valence-corrected chi connectivity index (χ0v) is 36.9. The van der Waals surface area contributed by atoms with Gasteiger partial charge in [0.2, 0.25) is 11.7 Å². The smallest absolute Gasteiger partial charge is 0.303 e. The van der Waals surface area contributed by atoms with E-state index in [1.165, 1.54) is 6.92 Å². The van der Waals surface area contributed by atoms with E-state index in [2.05, 4.69) is 26.1 Å². The molecule has 2 spiro atoms. The molecule has 0 bridgehead atoms. The van der Waals surface area contributed by atoms with Crippen LogP contribution in [0.15, 0.2) is 12.2 Å². The summed E-state index contributed by atoms with van der Waals surface area (Å²) in [6.07, 6.45) is 6.38. The minimum absolute atomic E-state index is 0.00258. The summed E-state index contributed by atoms with van der Waals surface area (Å²) in [5.74, 6) is -5.02. The number of carbonyl (C=O) groups excluding carboxylic acids is 3. The quantitative estimate of drug-likeness (QED) is 0.139. The number of hydrogen-bond donors (Lipinski definition) is 3. The van der Waals surface area contributed by atoms with Crippen molar-refractivity contribution in [2.24, 2.45) is 41.4 Å². The molecule has 4 saturated heterocycles. The molecule has 1 amide bonds. The van der Waals surface area contributed by atoms with Crippen molar-refractivity contribution in [3.05, 3.63) is 12.2 Å². The monoisotopic (exact) mass is 806 g/mol. The van der Waals surface area contributed by atoms with Crippen LogP contribution in [0, 0.1) is 41.4 Å². The van der Waals surface area contributed by atoms with Gasteiger partial charge in [0, 0.05) is 44.1 Å². The van der Waals surface area contributed by atoms with Gasteiger partial charge in [-0.05, 0) is 95.6 Å². The SMILES string of the molecule is CC[C@@H](C(=O)[C@@H](C)[C@@H](O)[C@H](C)[C@@H]1O[C@@H]([C@@H](CC)C(=O)NC)CC[C@@H]1C)[C@H]1O[C@]2(C=C[C@@H](OC(C)=O)[C@]3(CC[C@@](C)([C@H]4CC[C@](O)(CC)[C@H](C)O4)O3)O2)[C@H](C)C[C@@H]1C. The van der Waals surface area contributed by atoms with Gasteiger partial charge in [0.1, 0.15) is 5.78 Å². The van der Waals surface area contributed by atoms with Gasteiger partial charge in [-0.1, -0.05) is 55.4 Å². The van der Waals surface area contributed by atoms with Crippen LogP contribution < -0.4 is 5.32 Å². The molecule has 0 aromatic carbocycles. The van der Waals surface area contributed by atoms with Crippen LogP contribution in [0.2, 0.25) is 0 Å². The molecule has 0 aromatic heterocycles. The number of Topliss-reactive ketones (excluding diaryl/α,β-unsaturated/α-hetero) is 1. The number of esters is 1. The van der Waals surface area contributed by atoms with Crippen LogP contribution in [0.5, 0.6) is 0 Å². The van der Waals surface area contributed by atoms with Crippen molar-refractivity contribution in [1.29, 1.82) is 0 Å². The fourth-order valence-electron chi connectivity index (χ4n) is 11.0. The Bertz CT molecular complexity index is 1460. The topological polar surface area (TPSA) is 159 Å². The van der Waals surface area contributed by atoms with Gasteiger partial charge in [-0.15, -0.1) is 0 Å². The molecule has 0 aromatic rings. The summed E-state index contributed by atoms with van der Waals surface area (Å²) in [7, 11) is 1.64. The van der Waals surface area contributed by atoms with E-state index in [1.807, 2.05) is 53.7 Å². The fraction of sp³-hybridized carbons (Fsp3) is 0.889. The summed E-state index contributed by atoms with van der Waals surface area (Å²) in [5, 5.41) is 25.8. The van der Waals surface area contributed by atoms with Crippen molar-refractivity contribution >= 4 is 17.7 Å². The number of ketones is 1. The van der Waals surface area contributed by atoms with E-state index in [1.54, 1.807) is 14.0 Å². The van der Waals surface area contributed by atoms with E-state index < -0.39 is 58.9 Å². The van der Waals surface area contributed by atoms with Gasteiger partial charge in [-0.2, -0.15) is 0 Å². The molecule has 0 saturated carbocycles. The van der Waals surface area contributed by atoms with Crippen molar-refractivity contribution in [1.82, 2.24) is 5.32 Å². The van der Waals surface area contributed by atoms with E-state index in [9.17, 15) is 24.6 Å². The summed E-state index contributed by atoms with van der Waals surface area (Å²) < 4.78 is 40.1. The van der Waals surface area contributed by atoms with Crippen molar-refractivity contribution < 1.29 is 53.0 Å². The molecule has 12 heteroatoms. The Balaban J connectivity index is 1.36. The third-order valence-corrected chi connectivity index (χ3v) is 15.0. The Morgan fingerprint density at radius 1 is 0.912 bits per heavy atom. The lowest BCUT2D eigenvalue weighted by atomic mass is 9.72. The van der Waals surface area contributed by atoms with E-state index in [4.69, 9.17) is 28.4 Å². The summed E-state index contributed by atoms with van der Waals surface area (Å²) in [6, 6.07) is 0. The van der Waals surface area contributed by atoms with Gasteiger partial charge in [-0.3, -0.25) is 14.4 Å².